The van der Waals surface area contributed by atoms with Crippen LogP contribution in [0.1, 0.15) is 10.4 Å². The summed E-state index contributed by atoms with van der Waals surface area (Å²) in [5.74, 6) is -0.508. The molecule has 0 unspecified atom stereocenters. The Balaban J connectivity index is 1.78. The monoisotopic (exact) mass is 365 g/mol. The van der Waals surface area contributed by atoms with Crippen molar-refractivity contribution in [2.45, 2.75) is 6.04 Å². The molecule has 1 aliphatic heterocycles. The van der Waals surface area contributed by atoms with E-state index in [0.717, 1.165) is 10.9 Å². The lowest BCUT2D eigenvalue weighted by Gasteiger charge is -2.20. The van der Waals surface area contributed by atoms with E-state index >= 15 is 0 Å². The Labute approximate surface area is 147 Å². The van der Waals surface area contributed by atoms with Crippen molar-refractivity contribution in [2.75, 3.05) is 33.1 Å². The van der Waals surface area contributed by atoms with Crippen molar-refractivity contribution in [1.82, 2.24) is 14.2 Å². The zero-order chi connectivity index (χ0) is 18.2. The van der Waals surface area contributed by atoms with Crippen LogP contribution in [-0.2, 0) is 21.8 Å². The first-order valence-corrected chi connectivity index (χ1v) is 9.73. The molecule has 3 rings (SSSR count). The average Bonchev–Trinajstić information content (AvgIpc) is 3.12. The van der Waals surface area contributed by atoms with E-state index < -0.39 is 10.0 Å². The van der Waals surface area contributed by atoms with Crippen LogP contribution in [0.25, 0.3) is 10.9 Å². The van der Waals surface area contributed by atoms with Gasteiger partial charge >= 0.3 is 0 Å². The minimum absolute atomic E-state index is 0.0412. The molecule has 1 aliphatic rings. The fraction of sp³-hybridized carbons (Fsp3) is 0.471. The minimum atomic E-state index is -3.35. The fourth-order valence-electron chi connectivity index (χ4n) is 3.11. The van der Waals surface area contributed by atoms with Gasteiger partial charge in [0, 0.05) is 44.2 Å². The molecule has 136 valence electrons. The number of nitrogens with one attached hydrogen (secondary N) is 1. The van der Waals surface area contributed by atoms with Gasteiger partial charge in [-0.3, -0.25) is 4.79 Å². The molecular weight excluding hydrogens is 342 g/mol. The Kier molecular flexibility index (Phi) is 4.86. The zero-order valence-corrected chi connectivity index (χ0v) is 15.4. The number of para-hydroxylation sites is 1. The van der Waals surface area contributed by atoms with Gasteiger partial charge in [0.15, 0.2) is 0 Å². The first kappa shape index (κ1) is 17.9. The van der Waals surface area contributed by atoms with Crippen molar-refractivity contribution in [3.8, 4) is 0 Å². The van der Waals surface area contributed by atoms with E-state index in [2.05, 4.69) is 5.32 Å². The lowest BCUT2D eigenvalue weighted by molar-refractivity contribution is 0.0927. The topological polar surface area (TPSA) is 80.6 Å². The molecule has 8 heteroatoms. The molecule has 1 aromatic carbocycles. The number of hydrogen-bond acceptors (Lipinski definition) is 4. The van der Waals surface area contributed by atoms with Crippen LogP contribution in [0.4, 0.5) is 0 Å². The van der Waals surface area contributed by atoms with Gasteiger partial charge in [-0.1, -0.05) is 18.2 Å². The molecule has 7 nitrogen and oxygen atoms in total. The first-order chi connectivity index (χ1) is 11.8. The van der Waals surface area contributed by atoms with Crippen LogP contribution in [0.3, 0.4) is 0 Å². The molecule has 0 spiro atoms. The number of nitrogens with zero attached hydrogens (tertiary/aromatic N) is 2. The van der Waals surface area contributed by atoms with Crippen LogP contribution in [-0.4, -0.2) is 62.3 Å². The molecule has 2 aromatic rings. The highest BCUT2D eigenvalue weighted by molar-refractivity contribution is 7.89. The van der Waals surface area contributed by atoms with Crippen molar-refractivity contribution in [1.29, 1.82) is 0 Å². The lowest BCUT2D eigenvalue weighted by atomic mass is 10.1. The summed E-state index contributed by atoms with van der Waals surface area (Å²) in [4.78, 5) is 12.7. The summed E-state index contributed by atoms with van der Waals surface area (Å²) >= 11 is 0. The number of carbonyl (C=O) groups excluding carboxylic acids is 1. The number of aromatic nitrogens is 1. The molecule has 1 fully saturated rings. The number of rotatable bonds is 5. The summed E-state index contributed by atoms with van der Waals surface area (Å²) < 4.78 is 32.8. The average molecular weight is 365 g/mol. The summed E-state index contributed by atoms with van der Waals surface area (Å²) in [6.45, 7) is 0.650. The number of carbonyl (C=O) groups is 1. The maximum atomic E-state index is 12.7. The molecule has 1 aromatic heterocycles. The van der Waals surface area contributed by atoms with E-state index in [0.29, 0.717) is 18.8 Å². The molecule has 1 saturated heterocycles. The van der Waals surface area contributed by atoms with E-state index in [9.17, 15) is 13.2 Å². The van der Waals surface area contributed by atoms with E-state index in [4.69, 9.17) is 4.74 Å². The summed E-state index contributed by atoms with van der Waals surface area (Å²) in [6.07, 6.45) is 1.79. The molecule has 2 atom stereocenters. The van der Waals surface area contributed by atoms with E-state index in [1.165, 1.54) is 18.4 Å². The lowest BCUT2D eigenvalue weighted by Crippen LogP contribution is -2.43. The first-order valence-electron chi connectivity index (χ1n) is 8.12. The standard InChI is InChI=1S/C17H23N3O4S/c1-19(2)25(22,23)11-12-9-24-10-15(12)18-17(21)14-8-20(3)16-7-5-4-6-13(14)16/h4-8,12,15H,9-11H2,1-3H3,(H,18,21)/t12-,15+/m0/s1. The smallest absolute Gasteiger partial charge is 0.253 e. The summed E-state index contributed by atoms with van der Waals surface area (Å²) in [7, 11) is 1.56. The van der Waals surface area contributed by atoms with Gasteiger partial charge in [-0.15, -0.1) is 0 Å². The minimum Gasteiger partial charge on any atom is -0.379 e. The van der Waals surface area contributed by atoms with Gasteiger partial charge < -0.3 is 14.6 Å². The third kappa shape index (κ3) is 3.56. The van der Waals surface area contributed by atoms with Crippen LogP contribution in [0.2, 0.25) is 0 Å². The molecule has 0 saturated carbocycles. The Hall–Kier alpha value is -1.90. The quantitative estimate of drug-likeness (QED) is 0.850. The highest BCUT2D eigenvalue weighted by atomic mass is 32.2. The van der Waals surface area contributed by atoms with Crippen LogP contribution in [0.15, 0.2) is 30.5 Å². The number of aryl methyl sites for hydroxylation is 1. The Morgan fingerprint density at radius 2 is 2.04 bits per heavy atom. The van der Waals surface area contributed by atoms with Gasteiger partial charge in [0.2, 0.25) is 10.0 Å². The van der Waals surface area contributed by atoms with Gasteiger partial charge in [0.05, 0.1) is 30.6 Å². The Morgan fingerprint density at radius 1 is 1.32 bits per heavy atom. The molecular formula is C17H23N3O4S. The second-order valence-electron chi connectivity index (χ2n) is 6.61. The largest absolute Gasteiger partial charge is 0.379 e. The van der Waals surface area contributed by atoms with Gasteiger partial charge in [-0.25, -0.2) is 12.7 Å². The van der Waals surface area contributed by atoms with Gasteiger partial charge in [0.1, 0.15) is 0 Å². The maximum absolute atomic E-state index is 12.7. The molecule has 2 heterocycles. The van der Waals surface area contributed by atoms with E-state index in [-0.39, 0.29) is 23.6 Å². The summed E-state index contributed by atoms with van der Waals surface area (Å²) in [5, 5.41) is 3.83. The number of hydrogen-bond donors (Lipinski definition) is 1. The predicted octanol–water partition coefficient (Wildman–Crippen LogP) is 0.815. The van der Waals surface area contributed by atoms with Crippen LogP contribution in [0.5, 0.6) is 0 Å². The van der Waals surface area contributed by atoms with Crippen LogP contribution >= 0.6 is 0 Å². The van der Waals surface area contributed by atoms with E-state index in [1.807, 2.05) is 35.9 Å². The van der Waals surface area contributed by atoms with Crippen molar-refractivity contribution in [2.24, 2.45) is 13.0 Å². The molecule has 25 heavy (non-hydrogen) atoms. The third-order valence-corrected chi connectivity index (χ3v) is 6.60. The van der Waals surface area contributed by atoms with Crippen LogP contribution in [0, 0.1) is 5.92 Å². The highest BCUT2D eigenvalue weighted by Gasteiger charge is 2.34. The summed E-state index contributed by atoms with van der Waals surface area (Å²) in [5.41, 5.74) is 1.56. The second-order valence-corrected chi connectivity index (χ2v) is 8.84. The van der Waals surface area contributed by atoms with Crippen molar-refractivity contribution in [3.05, 3.63) is 36.0 Å². The molecule has 0 radical (unpaired) electrons. The maximum Gasteiger partial charge on any atom is 0.253 e. The van der Waals surface area contributed by atoms with Crippen LogP contribution < -0.4 is 5.32 Å². The van der Waals surface area contributed by atoms with E-state index in [1.54, 1.807) is 6.20 Å². The fourth-order valence-corrected chi connectivity index (χ4v) is 4.28. The predicted molar refractivity (Wildman–Crippen MR) is 96.0 cm³/mol. The number of benzene rings is 1. The van der Waals surface area contributed by atoms with Crippen molar-refractivity contribution >= 4 is 26.8 Å². The Bertz CT molecular complexity index is 888. The molecule has 0 aliphatic carbocycles. The van der Waals surface area contributed by atoms with Gasteiger partial charge in [-0.05, 0) is 6.07 Å². The van der Waals surface area contributed by atoms with Crippen molar-refractivity contribution < 1.29 is 17.9 Å². The normalized spacial score (nSPS) is 21.1. The number of ether oxygens (including phenoxy) is 1. The molecule has 1 amide bonds. The SMILES string of the molecule is CN(C)S(=O)(=O)C[C@@H]1COC[C@H]1NC(=O)c1cn(C)c2ccccc12. The van der Waals surface area contributed by atoms with Gasteiger partial charge in [0.25, 0.3) is 5.91 Å². The van der Waals surface area contributed by atoms with Crippen molar-refractivity contribution in [3.63, 3.8) is 0 Å². The number of fused-ring (bicyclic) bond motifs is 1. The zero-order valence-electron chi connectivity index (χ0n) is 14.6. The molecule has 1 N–H and O–H groups in total. The molecule has 0 bridgehead atoms. The highest BCUT2D eigenvalue weighted by Crippen LogP contribution is 2.22. The second kappa shape index (κ2) is 6.78. The number of amides is 1. The van der Waals surface area contributed by atoms with Gasteiger partial charge in [-0.2, -0.15) is 0 Å². The third-order valence-electron chi connectivity index (χ3n) is 4.64. The number of sulfonamides is 1. The Morgan fingerprint density at radius 3 is 2.76 bits per heavy atom. The summed E-state index contributed by atoms with van der Waals surface area (Å²) in [6, 6.07) is 7.36.